The van der Waals surface area contributed by atoms with Crippen LogP contribution in [0.1, 0.15) is 23.8 Å². The lowest BCUT2D eigenvalue weighted by Gasteiger charge is -2.26. The van der Waals surface area contributed by atoms with E-state index in [9.17, 15) is 13.2 Å². The van der Waals surface area contributed by atoms with Gasteiger partial charge in [-0.05, 0) is 55.0 Å². The maximum Gasteiger partial charge on any atom is 0.267 e. The van der Waals surface area contributed by atoms with Crippen molar-refractivity contribution < 1.29 is 17.9 Å². The number of sulfonamides is 1. The number of fused-ring (bicyclic) bond motifs is 1. The number of nitrogens with one attached hydrogen (secondary N) is 2. The Morgan fingerprint density at radius 2 is 1.79 bits per heavy atom. The van der Waals surface area contributed by atoms with Gasteiger partial charge in [-0.2, -0.15) is 0 Å². The molecule has 0 unspecified atom stereocenters. The Balaban J connectivity index is 1.52. The van der Waals surface area contributed by atoms with Gasteiger partial charge in [0.2, 0.25) is 0 Å². The van der Waals surface area contributed by atoms with E-state index in [0.717, 1.165) is 50.2 Å². The lowest BCUT2D eigenvalue weighted by Crippen LogP contribution is -2.41. The summed E-state index contributed by atoms with van der Waals surface area (Å²) in [6, 6.07) is 13.1. The second kappa shape index (κ2) is 10.8. The topological polar surface area (TPSA) is 92.7 Å². The molecule has 1 fully saturated rings. The van der Waals surface area contributed by atoms with Gasteiger partial charge >= 0.3 is 0 Å². The van der Waals surface area contributed by atoms with Crippen LogP contribution in [0.5, 0.6) is 0 Å². The van der Waals surface area contributed by atoms with E-state index in [1.54, 1.807) is 12.1 Å². The molecule has 34 heavy (non-hydrogen) atoms. The minimum absolute atomic E-state index is 0.126. The Labute approximate surface area is 204 Å². The monoisotopic (exact) mass is 504 g/mol. The molecule has 1 amide bonds. The van der Waals surface area contributed by atoms with Gasteiger partial charge in [0.25, 0.3) is 15.9 Å². The lowest BCUT2D eigenvalue weighted by atomic mass is 10.2. The number of aromatic nitrogens is 1. The van der Waals surface area contributed by atoms with Crippen LogP contribution in [0.3, 0.4) is 0 Å². The molecule has 2 aromatic carbocycles. The quantitative estimate of drug-likeness (QED) is 0.465. The number of hydrogen-bond acceptors (Lipinski definition) is 5. The molecule has 1 aliphatic rings. The molecule has 1 aliphatic heterocycles. The first-order chi connectivity index (χ1) is 16.4. The van der Waals surface area contributed by atoms with Gasteiger partial charge in [0.15, 0.2) is 0 Å². The standard InChI is InChI=1S/C24H29ClN4O4S/c1-2-10-29-22-8-5-20(27-34(31,32)21-6-3-19(25)4-7-21)16-18(22)17-23(29)24(30)26-9-11-28-12-14-33-15-13-28/h3-8,16-17,27H,2,9-15H2,1H3,(H,26,30). The molecule has 3 aromatic rings. The number of rotatable bonds is 9. The summed E-state index contributed by atoms with van der Waals surface area (Å²) in [5.74, 6) is -0.138. The van der Waals surface area contributed by atoms with E-state index in [1.807, 2.05) is 16.7 Å². The summed E-state index contributed by atoms with van der Waals surface area (Å²) in [4.78, 5) is 15.4. The molecule has 10 heteroatoms. The van der Waals surface area contributed by atoms with E-state index in [-0.39, 0.29) is 10.8 Å². The molecule has 2 N–H and O–H groups in total. The molecule has 2 heterocycles. The molecular weight excluding hydrogens is 476 g/mol. The molecule has 1 aromatic heterocycles. The van der Waals surface area contributed by atoms with Crippen molar-refractivity contribution >= 4 is 44.1 Å². The molecule has 0 radical (unpaired) electrons. The lowest BCUT2D eigenvalue weighted by molar-refractivity contribution is 0.0383. The summed E-state index contributed by atoms with van der Waals surface area (Å²) in [7, 11) is -3.76. The Hall–Kier alpha value is -2.59. The minimum atomic E-state index is -3.76. The summed E-state index contributed by atoms with van der Waals surface area (Å²) in [6.45, 7) is 7.28. The van der Waals surface area contributed by atoms with Crippen LogP contribution in [0.4, 0.5) is 5.69 Å². The Morgan fingerprint density at radius 3 is 2.50 bits per heavy atom. The predicted octanol–water partition coefficient (Wildman–Crippen LogP) is 3.57. The van der Waals surface area contributed by atoms with Crippen molar-refractivity contribution in [3.05, 3.63) is 59.2 Å². The fraction of sp³-hybridized carbons (Fsp3) is 0.375. The smallest absolute Gasteiger partial charge is 0.267 e. The van der Waals surface area contributed by atoms with Crippen molar-refractivity contribution in [3.8, 4) is 0 Å². The number of morpholine rings is 1. The van der Waals surface area contributed by atoms with Gasteiger partial charge in [0, 0.05) is 54.3 Å². The van der Waals surface area contributed by atoms with E-state index < -0.39 is 10.0 Å². The highest BCUT2D eigenvalue weighted by atomic mass is 35.5. The molecule has 0 saturated carbocycles. The van der Waals surface area contributed by atoms with Crippen LogP contribution in [-0.2, 0) is 21.3 Å². The van der Waals surface area contributed by atoms with E-state index in [4.69, 9.17) is 16.3 Å². The summed E-state index contributed by atoms with van der Waals surface area (Å²) in [5, 5.41) is 4.28. The first-order valence-electron chi connectivity index (χ1n) is 11.4. The van der Waals surface area contributed by atoms with Crippen molar-refractivity contribution in [1.29, 1.82) is 0 Å². The Kier molecular flexibility index (Phi) is 7.77. The highest BCUT2D eigenvalue weighted by Gasteiger charge is 2.18. The number of carbonyl (C=O) groups excluding carboxylic acids is 1. The zero-order valence-electron chi connectivity index (χ0n) is 19.1. The van der Waals surface area contributed by atoms with Gasteiger partial charge in [0.1, 0.15) is 5.69 Å². The molecule has 182 valence electrons. The van der Waals surface area contributed by atoms with Gasteiger partial charge in [-0.25, -0.2) is 8.42 Å². The Morgan fingerprint density at radius 1 is 1.06 bits per heavy atom. The van der Waals surface area contributed by atoms with Crippen LogP contribution in [-0.4, -0.2) is 63.2 Å². The number of aryl methyl sites for hydroxylation is 1. The first-order valence-corrected chi connectivity index (χ1v) is 13.2. The number of hydrogen-bond donors (Lipinski definition) is 2. The predicted molar refractivity (Wildman–Crippen MR) is 134 cm³/mol. The Bertz CT molecular complexity index is 1250. The number of nitrogens with zero attached hydrogens (tertiary/aromatic N) is 2. The third-order valence-corrected chi connectivity index (χ3v) is 7.42. The van der Waals surface area contributed by atoms with Crippen LogP contribution < -0.4 is 10.0 Å². The molecular formula is C24H29ClN4O4S. The van der Waals surface area contributed by atoms with Gasteiger partial charge in [-0.1, -0.05) is 18.5 Å². The molecule has 0 bridgehead atoms. The number of ether oxygens (including phenoxy) is 1. The van der Waals surface area contributed by atoms with E-state index >= 15 is 0 Å². The number of benzene rings is 2. The third-order valence-electron chi connectivity index (χ3n) is 5.77. The highest BCUT2D eigenvalue weighted by molar-refractivity contribution is 7.92. The van der Waals surface area contributed by atoms with Crippen LogP contribution in [0.25, 0.3) is 10.9 Å². The SMILES string of the molecule is CCCn1c(C(=O)NCCN2CCOCC2)cc2cc(NS(=O)(=O)c3ccc(Cl)cc3)ccc21. The van der Waals surface area contributed by atoms with Crippen molar-refractivity contribution in [2.45, 2.75) is 24.8 Å². The average Bonchev–Trinajstić information content (AvgIpc) is 3.18. The highest BCUT2D eigenvalue weighted by Crippen LogP contribution is 2.26. The number of carbonyl (C=O) groups is 1. The third kappa shape index (κ3) is 5.72. The van der Waals surface area contributed by atoms with Crippen LogP contribution in [0, 0.1) is 0 Å². The van der Waals surface area contributed by atoms with Gasteiger partial charge < -0.3 is 14.6 Å². The van der Waals surface area contributed by atoms with Gasteiger partial charge in [-0.3, -0.25) is 14.4 Å². The van der Waals surface area contributed by atoms with Gasteiger partial charge in [0.05, 0.1) is 18.1 Å². The van der Waals surface area contributed by atoms with Crippen LogP contribution in [0.2, 0.25) is 5.02 Å². The van der Waals surface area contributed by atoms with Gasteiger partial charge in [-0.15, -0.1) is 0 Å². The van der Waals surface area contributed by atoms with Crippen LogP contribution >= 0.6 is 11.6 Å². The summed E-state index contributed by atoms with van der Waals surface area (Å²) >= 11 is 5.87. The second-order valence-corrected chi connectivity index (χ2v) is 10.3. The molecule has 8 nitrogen and oxygen atoms in total. The zero-order valence-corrected chi connectivity index (χ0v) is 20.7. The van der Waals surface area contributed by atoms with Crippen LogP contribution in [0.15, 0.2) is 53.4 Å². The van der Waals surface area contributed by atoms with E-state index in [1.165, 1.54) is 24.3 Å². The first kappa shape index (κ1) is 24.5. The molecule has 0 aliphatic carbocycles. The maximum atomic E-state index is 13.0. The number of halogens is 1. The molecule has 0 atom stereocenters. The van der Waals surface area contributed by atoms with Crippen molar-refractivity contribution in [1.82, 2.24) is 14.8 Å². The minimum Gasteiger partial charge on any atom is -0.379 e. The fourth-order valence-corrected chi connectivity index (χ4v) is 5.23. The zero-order chi connectivity index (χ0) is 24.1. The van der Waals surface area contributed by atoms with E-state index in [2.05, 4.69) is 21.9 Å². The average molecular weight is 505 g/mol. The number of amides is 1. The van der Waals surface area contributed by atoms with Crippen molar-refractivity contribution in [3.63, 3.8) is 0 Å². The van der Waals surface area contributed by atoms with Crippen molar-refractivity contribution in [2.24, 2.45) is 0 Å². The molecule has 1 saturated heterocycles. The largest absolute Gasteiger partial charge is 0.379 e. The normalized spacial score (nSPS) is 14.9. The number of anilines is 1. The van der Waals surface area contributed by atoms with E-state index in [0.29, 0.717) is 29.5 Å². The summed E-state index contributed by atoms with van der Waals surface area (Å²) in [6.07, 6.45) is 0.864. The maximum absolute atomic E-state index is 13.0. The second-order valence-electron chi connectivity index (χ2n) is 8.22. The fourth-order valence-electron chi connectivity index (χ4n) is 4.06. The molecule has 0 spiro atoms. The van der Waals surface area contributed by atoms with Crippen molar-refractivity contribution in [2.75, 3.05) is 44.1 Å². The summed E-state index contributed by atoms with van der Waals surface area (Å²) < 4.78 is 35.4. The summed E-state index contributed by atoms with van der Waals surface area (Å²) in [5.41, 5.74) is 1.88. The molecule has 4 rings (SSSR count).